The molecule has 3 aromatic carbocycles. The first kappa shape index (κ1) is 28.9. The smallest absolute Gasteiger partial charge is 0.405 e. The van der Waals surface area contributed by atoms with Gasteiger partial charge in [-0.15, -0.1) is 13.2 Å². The monoisotopic (exact) mass is 566 g/mol. The lowest BCUT2D eigenvalue weighted by molar-refractivity contribution is -0.274. The molecule has 1 atom stereocenters. The lowest BCUT2D eigenvalue weighted by atomic mass is 10.1. The van der Waals surface area contributed by atoms with Crippen LogP contribution in [0.25, 0.3) is 0 Å². The number of aromatic nitrogens is 2. The highest BCUT2D eigenvalue weighted by molar-refractivity contribution is 5.95. The van der Waals surface area contributed by atoms with Crippen LogP contribution in [0.2, 0.25) is 0 Å². The summed E-state index contributed by atoms with van der Waals surface area (Å²) in [5, 5.41) is 5.08. The summed E-state index contributed by atoms with van der Waals surface area (Å²) in [6.07, 6.45) is -5.07. The van der Waals surface area contributed by atoms with Crippen molar-refractivity contribution in [3.8, 4) is 5.75 Å². The topological polar surface area (TPSA) is 122 Å². The molecule has 0 aliphatic rings. The zero-order valence-corrected chi connectivity index (χ0v) is 21.7. The number of hydrogen-bond acceptors (Lipinski definition) is 5. The number of benzene rings is 3. The number of nitrogens with zero attached hydrogens (tertiary/aromatic N) is 1. The minimum atomic E-state index is -5.07. The molecule has 0 radical (unpaired) electrons. The molecule has 12 heteroatoms. The molecule has 0 fully saturated rings. The van der Waals surface area contributed by atoms with Crippen LogP contribution in [0.1, 0.15) is 50.5 Å². The van der Waals surface area contributed by atoms with E-state index in [0.29, 0.717) is 5.56 Å². The largest absolute Gasteiger partial charge is 0.573 e. The van der Waals surface area contributed by atoms with Gasteiger partial charge >= 0.3 is 12.1 Å². The molecule has 4 aromatic rings. The Balaban J connectivity index is 1.49. The number of halogens is 3. The van der Waals surface area contributed by atoms with Gasteiger partial charge in [-0.05, 0) is 30.2 Å². The van der Waals surface area contributed by atoms with Gasteiger partial charge in [-0.2, -0.15) is 0 Å². The molecule has 0 saturated carbocycles. The molecule has 0 bridgehead atoms. The van der Waals surface area contributed by atoms with E-state index in [1.807, 2.05) is 6.07 Å². The van der Waals surface area contributed by atoms with Crippen molar-refractivity contribution in [3.05, 3.63) is 134 Å². The van der Waals surface area contributed by atoms with E-state index in [1.165, 1.54) is 12.1 Å². The van der Waals surface area contributed by atoms with Crippen molar-refractivity contribution < 1.29 is 27.5 Å². The average Bonchev–Trinajstić information content (AvgIpc) is 2.94. The summed E-state index contributed by atoms with van der Waals surface area (Å²) in [5.74, 6) is -2.22. The van der Waals surface area contributed by atoms with Crippen molar-refractivity contribution in [2.75, 3.05) is 0 Å². The zero-order valence-electron chi connectivity index (χ0n) is 21.7. The van der Waals surface area contributed by atoms with Crippen LogP contribution in [0.15, 0.2) is 94.5 Å². The van der Waals surface area contributed by atoms with E-state index in [0.717, 1.165) is 22.3 Å². The summed E-state index contributed by atoms with van der Waals surface area (Å²) in [7, 11) is 0. The average molecular weight is 567 g/mol. The molecule has 9 nitrogen and oxygen atoms in total. The first-order valence-electron chi connectivity index (χ1n) is 12.4. The first-order chi connectivity index (χ1) is 19.5. The normalized spacial score (nSPS) is 11.9. The molecular formula is C29H25F3N4O5. The van der Waals surface area contributed by atoms with Crippen molar-refractivity contribution in [2.45, 2.75) is 32.4 Å². The van der Waals surface area contributed by atoms with Gasteiger partial charge < -0.3 is 20.4 Å². The molecule has 212 valence electrons. The highest BCUT2D eigenvalue weighted by atomic mass is 19.4. The maximum absolute atomic E-state index is 13.1. The van der Waals surface area contributed by atoms with Crippen LogP contribution < -0.4 is 26.6 Å². The number of ether oxygens (including phenoxy) is 1. The summed E-state index contributed by atoms with van der Waals surface area (Å²) < 4.78 is 44.5. The SMILES string of the molecule is CC(NC(=O)c1ccc(CNC(=O)c2cc(=O)n(Cc3ccccc3)c(=O)[nH]2)c(OC(F)(F)F)c1)c1ccccc1. The van der Waals surface area contributed by atoms with E-state index in [2.05, 4.69) is 20.4 Å². The Morgan fingerprint density at radius 3 is 2.22 bits per heavy atom. The number of amides is 2. The molecule has 1 unspecified atom stereocenters. The van der Waals surface area contributed by atoms with Gasteiger partial charge in [-0.3, -0.25) is 19.0 Å². The zero-order chi connectivity index (χ0) is 29.6. The summed E-state index contributed by atoms with van der Waals surface area (Å²) in [6, 6.07) is 21.7. The summed E-state index contributed by atoms with van der Waals surface area (Å²) >= 11 is 0. The summed E-state index contributed by atoms with van der Waals surface area (Å²) in [5.41, 5.74) is -0.611. The van der Waals surface area contributed by atoms with Gasteiger partial charge in [0.25, 0.3) is 17.4 Å². The Hall–Kier alpha value is -5.13. The van der Waals surface area contributed by atoms with E-state index in [1.54, 1.807) is 61.5 Å². The Morgan fingerprint density at radius 2 is 1.59 bits per heavy atom. The fraction of sp³-hybridized carbons (Fsp3) is 0.172. The number of nitrogens with one attached hydrogen (secondary N) is 3. The molecule has 1 aromatic heterocycles. The number of H-pyrrole nitrogens is 1. The van der Waals surface area contributed by atoms with Crippen LogP contribution in [0.3, 0.4) is 0 Å². The lowest BCUT2D eigenvalue weighted by Gasteiger charge is -2.17. The van der Waals surface area contributed by atoms with Crippen LogP contribution in [0.5, 0.6) is 5.75 Å². The minimum absolute atomic E-state index is 0.0148. The van der Waals surface area contributed by atoms with Crippen LogP contribution in [0.4, 0.5) is 13.2 Å². The molecule has 0 aliphatic carbocycles. The Morgan fingerprint density at radius 1 is 0.927 bits per heavy atom. The van der Waals surface area contributed by atoms with Crippen molar-refractivity contribution in [3.63, 3.8) is 0 Å². The van der Waals surface area contributed by atoms with E-state index in [-0.39, 0.29) is 23.4 Å². The van der Waals surface area contributed by atoms with Gasteiger partial charge in [0.2, 0.25) is 0 Å². The Labute approximate surface area is 231 Å². The maximum atomic E-state index is 13.1. The van der Waals surface area contributed by atoms with Crippen molar-refractivity contribution in [1.82, 2.24) is 20.2 Å². The number of alkyl halides is 3. The maximum Gasteiger partial charge on any atom is 0.573 e. The number of hydrogen-bond donors (Lipinski definition) is 3. The Bertz CT molecular complexity index is 1620. The molecular weight excluding hydrogens is 541 g/mol. The van der Waals surface area contributed by atoms with Crippen LogP contribution >= 0.6 is 0 Å². The van der Waals surface area contributed by atoms with E-state index in [4.69, 9.17) is 0 Å². The minimum Gasteiger partial charge on any atom is -0.405 e. The van der Waals surface area contributed by atoms with E-state index >= 15 is 0 Å². The molecule has 0 saturated heterocycles. The Kier molecular flexibility index (Phi) is 8.71. The lowest BCUT2D eigenvalue weighted by Crippen LogP contribution is -2.38. The quantitative estimate of drug-likeness (QED) is 0.284. The second-order valence-corrected chi connectivity index (χ2v) is 9.06. The number of carbonyl (C=O) groups is 2. The van der Waals surface area contributed by atoms with Gasteiger partial charge in [0.15, 0.2) is 0 Å². The van der Waals surface area contributed by atoms with Crippen LogP contribution in [-0.2, 0) is 13.1 Å². The van der Waals surface area contributed by atoms with Crippen molar-refractivity contribution in [1.29, 1.82) is 0 Å². The second-order valence-electron chi connectivity index (χ2n) is 9.06. The van der Waals surface area contributed by atoms with Crippen molar-refractivity contribution >= 4 is 11.8 Å². The van der Waals surface area contributed by atoms with Gasteiger partial charge in [-0.25, -0.2) is 4.79 Å². The van der Waals surface area contributed by atoms with Gasteiger partial charge in [0, 0.05) is 23.7 Å². The highest BCUT2D eigenvalue weighted by Crippen LogP contribution is 2.28. The van der Waals surface area contributed by atoms with Gasteiger partial charge in [0.05, 0.1) is 12.6 Å². The fourth-order valence-corrected chi connectivity index (χ4v) is 4.00. The first-order valence-corrected chi connectivity index (χ1v) is 12.4. The molecule has 4 rings (SSSR count). The number of aromatic amines is 1. The second kappa shape index (κ2) is 12.4. The van der Waals surface area contributed by atoms with Crippen LogP contribution in [-0.4, -0.2) is 27.7 Å². The molecule has 2 amide bonds. The fourth-order valence-electron chi connectivity index (χ4n) is 4.00. The molecule has 41 heavy (non-hydrogen) atoms. The summed E-state index contributed by atoms with van der Waals surface area (Å²) in [4.78, 5) is 52.7. The third-order valence-corrected chi connectivity index (χ3v) is 6.09. The van der Waals surface area contributed by atoms with Crippen molar-refractivity contribution in [2.24, 2.45) is 0 Å². The number of rotatable bonds is 9. The van der Waals surface area contributed by atoms with E-state index < -0.39 is 47.8 Å². The molecule has 0 spiro atoms. The van der Waals surface area contributed by atoms with Gasteiger partial charge in [-0.1, -0.05) is 66.7 Å². The predicted molar refractivity (Wildman–Crippen MR) is 143 cm³/mol. The van der Waals surface area contributed by atoms with E-state index in [9.17, 15) is 32.3 Å². The summed E-state index contributed by atoms with van der Waals surface area (Å²) in [6.45, 7) is 1.26. The van der Waals surface area contributed by atoms with Crippen LogP contribution in [0, 0.1) is 0 Å². The highest BCUT2D eigenvalue weighted by Gasteiger charge is 2.32. The molecule has 3 N–H and O–H groups in total. The standard InChI is InChI=1S/C29H25F3N4O5/c1-18(20-10-6-3-7-11-20)34-26(38)21-12-13-22(24(14-21)41-29(30,31)32)16-33-27(39)23-15-25(37)36(28(40)35-23)17-19-8-4-2-5-9-19/h2-15,18H,16-17H2,1H3,(H,33,39)(H,34,38)(H,35,40). The third kappa shape index (κ3) is 7.72. The molecule has 0 aliphatic heterocycles. The number of carbonyl (C=O) groups excluding carboxylic acids is 2. The van der Waals surface area contributed by atoms with Gasteiger partial charge in [0.1, 0.15) is 11.4 Å². The molecule has 1 heterocycles. The third-order valence-electron chi connectivity index (χ3n) is 6.09. The predicted octanol–water partition coefficient (Wildman–Crippen LogP) is 3.90.